The molecule has 1 aliphatic carbocycles. The van der Waals surface area contributed by atoms with E-state index < -0.39 is 8.07 Å². The number of fused-ring (bicyclic) bond motifs is 1. The Balaban J connectivity index is 0.00000128. The third kappa shape index (κ3) is 2.13. The Morgan fingerprint density at radius 1 is 1.19 bits per heavy atom. The largest absolute Gasteiger partial charge is 0.147 e. The quantitative estimate of drug-likeness (QED) is 0.525. The van der Waals surface area contributed by atoms with Crippen LogP contribution in [0.5, 0.6) is 0 Å². The molecule has 0 radical (unpaired) electrons. The van der Waals surface area contributed by atoms with Crippen LogP contribution in [0.25, 0.3) is 5.57 Å². The van der Waals surface area contributed by atoms with Crippen molar-refractivity contribution in [3.63, 3.8) is 0 Å². The van der Waals surface area contributed by atoms with Crippen LogP contribution in [0.3, 0.4) is 0 Å². The van der Waals surface area contributed by atoms with Crippen molar-refractivity contribution in [2.24, 2.45) is 0 Å². The van der Waals surface area contributed by atoms with E-state index in [1.165, 1.54) is 16.7 Å². The van der Waals surface area contributed by atoms with Crippen LogP contribution in [0.15, 0.2) is 23.8 Å². The van der Waals surface area contributed by atoms with E-state index >= 15 is 0 Å². The Kier molecular flexibility index (Phi) is 4.04. The van der Waals surface area contributed by atoms with Gasteiger partial charge in [0.2, 0.25) is 0 Å². The third-order valence-corrected chi connectivity index (χ3v) is 5.94. The SMILES string of the molecule is CC1=C(C)C([Si](C)(C)C)c2ccc[c-]c21.[Ti]. The molecule has 1 unspecified atom stereocenters. The maximum Gasteiger partial charge on any atom is 0.0462 e. The maximum atomic E-state index is 3.40. The van der Waals surface area contributed by atoms with E-state index in [0.717, 1.165) is 0 Å². The van der Waals surface area contributed by atoms with E-state index in [9.17, 15) is 0 Å². The van der Waals surface area contributed by atoms with Gasteiger partial charge >= 0.3 is 0 Å². The molecule has 0 fully saturated rings. The van der Waals surface area contributed by atoms with Crippen LogP contribution >= 0.6 is 0 Å². The van der Waals surface area contributed by atoms with Crippen LogP contribution in [-0.4, -0.2) is 8.07 Å². The van der Waals surface area contributed by atoms with Gasteiger partial charge in [-0.3, -0.25) is 0 Å². The first-order valence-electron chi connectivity index (χ1n) is 5.61. The number of benzene rings is 1. The van der Waals surface area contributed by atoms with Crippen LogP contribution in [0.1, 0.15) is 30.5 Å². The summed E-state index contributed by atoms with van der Waals surface area (Å²) in [6.45, 7) is 11.9. The first kappa shape index (κ1) is 14.0. The average molecular weight is 263 g/mol. The second kappa shape index (κ2) is 4.64. The van der Waals surface area contributed by atoms with Gasteiger partial charge in [-0.2, -0.15) is 0 Å². The van der Waals surface area contributed by atoms with Crippen LogP contribution < -0.4 is 0 Å². The second-order valence-corrected chi connectivity index (χ2v) is 10.9. The normalized spacial score (nSPS) is 19.4. The van der Waals surface area contributed by atoms with Gasteiger partial charge < -0.3 is 0 Å². The van der Waals surface area contributed by atoms with Gasteiger partial charge in [0.1, 0.15) is 0 Å². The number of rotatable bonds is 1. The Bertz CT molecular complexity index is 427. The molecule has 84 valence electrons. The summed E-state index contributed by atoms with van der Waals surface area (Å²) in [6.07, 6.45) is 0. The van der Waals surface area contributed by atoms with Crippen molar-refractivity contribution >= 4 is 13.6 Å². The van der Waals surface area contributed by atoms with Crippen molar-refractivity contribution < 1.29 is 21.7 Å². The van der Waals surface area contributed by atoms with Gasteiger partial charge in [-0.25, -0.2) is 0 Å². The fourth-order valence-corrected chi connectivity index (χ4v) is 5.47. The van der Waals surface area contributed by atoms with Gasteiger partial charge in [0.15, 0.2) is 0 Å². The summed E-state index contributed by atoms with van der Waals surface area (Å²) in [5, 5.41) is 0. The summed E-state index contributed by atoms with van der Waals surface area (Å²) < 4.78 is 0. The molecule has 0 nitrogen and oxygen atoms in total. The minimum Gasteiger partial charge on any atom is -0.147 e. The van der Waals surface area contributed by atoms with Crippen LogP contribution in [0.2, 0.25) is 19.6 Å². The molecule has 1 aromatic rings. The Hall–Kier alpha value is -0.109. The predicted molar refractivity (Wildman–Crippen MR) is 69.6 cm³/mol. The molecule has 1 aromatic carbocycles. The van der Waals surface area contributed by atoms with Crippen LogP contribution in [-0.2, 0) is 21.7 Å². The topological polar surface area (TPSA) is 0 Å². The molecule has 1 aliphatic rings. The summed E-state index contributed by atoms with van der Waals surface area (Å²) in [4.78, 5) is 0. The third-order valence-electron chi connectivity index (χ3n) is 3.46. The van der Waals surface area contributed by atoms with Gasteiger partial charge in [-0.1, -0.05) is 33.5 Å². The zero-order valence-electron chi connectivity index (χ0n) is 10.8. The van der Waals surface area contributed by atoms with Crippen molar-refractivity contribution in [1.82, 2.24) is 0 Å². The molecule has 0 N–H and O–H groups in total. The van der Waals surface area contributed by atoms with Gasteiger partial charge in [0.25, 0.3) is 0 Å². The summed E-state index contributed by atoms with van der Waals surface area (Å²) in [5.41, 5.74) is 6.61. The molecule has 2 rings (SSSR count). The van der Waals surface area contributed by atoms with E-state index in [1.54, 1.807) is 5.57 Å². The minimum atomic E-state index is -1.16. The zero-order valence-corrected chi connectivity index (χ0v) is 13.4. The molecule has 0 heterocycles. The second-order valence-electron chi connectivity index (χ2n) is 5.61. The molecule has 0 aliphatic heterocycles. The van der Waals surface area contributed by atoms with Crippen molar-refractivity contribution in [2.75, 3.05) is 0 Å². The van der Waals surface area contributed by atoms with Crippen molar-refractivity contribution in [2.45, 2.75) is 39.0 Å². The molecule has 0 saturated heterocycles. The Labute approximate surface area is 115 Å². The molecule has 16 heavy (non-hydrogen) atoms. The first-order chi connectivity index (χ1) is 6.93. The van der Waals surface area contributed by atoms with E-state index in [-0.39, 0.29) is 21.7 Å². The van der Waals surface area contributed by atoms with Gasteiger partial charge in [-0.05, 0) is 5.54 Å². The van der Waals surface area contributed by atoms with Gasteiger partial charge in [0, 0.05) is 29.8 Å². The van der Waals surface area contributed by atoms with Crippen molar-refractivity contribution in [3.05, 3.63) is 41.0 Å². The molecule has 0 bridgehead atoms. The number of hydrogen-bond acceptors (Lipinski definition) is 0. The smallest absolute Gasteiger partial charge is 0.0462 e. The zero-order chi connectivity index (χ0) is 11.2. The van der Waals surface area contributed by atoms with E-state index in [4.69, 9.17) is 0 Å². The molecule has 2 heteroatoms. The summed E-state index contributed by atoms with van der Waals surface area (Å²) >= 11 is 0. The van der Waals surface area contributed by atoms with E-state index in [0.29, 0.717) is 5.54 Å². The molecule has 0 spiro atoms. The first-order valence-corrected chi connectivity index (χ1v) is 9.19. The molecular formula is C14H19SiTi-. The van der Waals surface area contributed by atoms with Crippen LogP contribution in [0.4, 0.5) is 0 Å². The molecule has 0 aromatic heterocycles. The minimum absolute atomic E-state index is 0. The average Bonchev–Trinajstić information content (AvgIpc) is 2.39. The van der Waals surface area contributed by atoms with E-state index in [2.05, 4.69) is 51.7 Å². The van der Waals surface area contributed by atoms with Gasteiger partial charge in [0.05, 0.1) is 0 Å². The summed E-state index contributed by atoms with van der Waals surface area (Å²) in [6, 6.07) is 9.83. The summed E-state index contributed by atoms with van der Waals surface area (Å²) in [5.74, 6) is 0. The van der Waals surface area contributed by atoms with Crippen LogP contribution in [0, 0.1) is 6.07 Å². The molecule has 0 amide bonds. The summed E-state index contributed by atoms with van der Waals surface area (Å²) in [7, 11) is -1.16. The van der Waals surface area contributed by atoms with Crippen molar-refractivity contribution in [3.8, 4) is 0 Å². The monoisotopic (exact) mass is 263 g/mol. The Morgan fingerprint density at radius 2 is 1.81 bits per heavy atom. The molecule has 1 atom stereocenters. The Morgan fingerprint density at radius 3 is 2.38 bits per heavy atom. The predicted octanol–water partition coefficient (Wildman–Crippen LogP) is 4.25. The number of hydrogen-bond donors (Lipinski definition) is 0. The fourth-order valence-electron chi connectivity index (χ4n) is 2.78. The maximum absolute atomic E-state index is 3.40. The van der Waals surface area contributed by atoms with Crippen molar-refractivity contribution in [1.29, 1.82) is 0 Å². The fraction of sp³-hybridized carbons (Fsp3) is 0.429. The standard InChI is InChI=1S/C14H19Si.Ti/c1-10-11(2)14(15(3,4)5)13-9-7-6-8-12(10)13;/h6-7,9,14H,1-5H3;/q-1;. The molecular weight excluding hydrogens is 244 g/mol. The van der Waals surface area contributed by atoms with Gasteiger partial charge in [-0.15, -0.1) is 46.5 Å². The van der Waals surface area contributed by atoms with E-state index in [1.807, 2.05) is 6.07 Å². The molecule has 0 saturated carbocycles. The number of allylic oxidation sites excluding steroid dienone is 2.